The molecule has 0 radical (unpaired) electrons. The molecule has 0 N–H and O–H groups in total. The fourth-order valence-electron chi connectivity index (χ4n) is 1.60. The summed E-state index contributed by atoms with van der Waals surface area (Å²) in [5, 5.41) is 28.5. The van der Waals surface area contributed by atoms with Crippen molar-refractivity contribution < 1.29 is 9.66 Å². The Hall–Kier alpha value is -2.60. The van der Waals surface area contributed by atoms with Gasteiger partial charge in [-0.25, -0.2) is 0 Å². The quantitative estimate of drug-likeness (QED) is 0.450. The van der Waals surface area contributed by atoms with Crippen molar-refractivity contribution in [3.05, 3.63) is 33.9 Å². The number of hydrogen-bond acceptors (Lipinski definition) is 5. The summed E-state index contributed by atoms with van der Waals surface area (Å²) >= 11 is 0. The van der Waals surface area contributed by atoms with Crippen LogP contribution in [0.25, 0.3) is 0 Å². The monoisotopic (exact) mass is 273 g/mol. The van der Waals surface area contributed by atoms with Gasteiger partial charge in [0, 0.05) is 6.07 Å². The zero-order valence-corrected chi connectivity index (χ0v) is 11.4. The number of nitriles is 2. The molecule has 0 fully saturated rings. The van der Waals surface area contributed by atoms with Gasteiger partial charge in [0.25, 0.3) is 0 Å². The third-order valence-corrected chi connectivity index (χ3v) is 2.79. The number of hydrogen-bond donors (Lipinski definition) is 0. The lowest BCUT2D eigenvalue weighted by Crippen LogP contribution is -2.10. The van der Waals surface area contributed by atoms with Crippen LogP contribution in [0.3, 0.4) is 0 Å². The molecule has 0 amide bonds. The second-order valence-corrected chi connectivity index (χ2v) is 5.00. The molecule has 0 heterocycles. The maximum atomic E-state index is 10.9. The predicted octanol–water partition coefficient (Wildman–Crippen LogP) is 3.18. The van der Waals surface area contributed by atoms with E-state index in [2.05, 4.69) is 6.07 Å². The lowest BCUT2D eigenvalue weighted by atomic mass is 9.90. The van der Waals surface area contributed by atoms with Gasteiger partial charge in [-0.2, -0.15) is 10.5 Å². The first-order valence-corrected chi connectivity index (χ1v) is 6.12. The minimum absolute atomic E-state index is 0.142. The molecule has 0 aromatic heterocycles. The van der Waals surface area contributed by atoms with Crippen molar-refractivity contribution in [2.45, 2.75) is 26.7 Å². The summed E-state index contributed by atoms with van der Waals surface area (Å²) in [5.41, 5.74) is -0.432. The van der Waals surface area contributed by atoms with E-state index in [1.165, 1.54) is 18.2 Å². The third kappa shape index (κ3) is 4.25. The summed E-state index contributed by atoms with van der Waals surface area (Å²) in [5.74, 6) is 0.142. The molecule has 0 atom stereocenters. The molecule has 20 heavy (non-hydrogen) atoms. The molecule has 0 saturated carbocycles. The lowest BCUT2D eigenvalue weighted by molar-refractivity contribution is -0.385. The molecule has 0 aliphatic rings. The molecule has 6 nitrogen and oxygen atoms in total. The fourth-order valence-corrected chi connectivity index (χ4v) is 1.60. The Morgan fingerprint density at radius 1 is 1.40 bits per heavy atom. The number of nitrogens with zero attached hydrogens (tertiary/aromatic N) is 3. The van der Waals surface area contributed by atoms with E-state index < -0.39 is 10.3 Å². The van der Waals surface area contributed by atoms with E-state index in [1.54, 1.807) is 0 Å². The van der Waals surface area contributed by atoms with Crippen molar-refractivity contribution in [3.63, 3.8) is 0 Å². The maximum Gasteiger partial charge on any atom is 0.312 e. The molecule has 0 saturated heterocycles. The second-order valence-electron chi connectivity index (χ2n) is 5.00. The summed E-state index contributed by atoms with van der Waals surface area (Å²) < 4.78 is 5.38. The van der Waals surface area contributed by atoms with Gasteiger partial charge in [-0.1, -0.05) is 0 Å². The Morgan fingerprint density at radius 2 is 2.10 bits per heavy atom. The Bertz CT molecular complexity index is 582. The van der Waals surface area contributed by atoms with Crippen molar-refractivity contribution in [2.24, 2.45) is 5.41 Å². The van der Waals surface area contributed by atoms with E-state index in [9.17, 15) is 10.1 Å². The van der Waals surface area contributed by atoms with Crippen LogP contribution in [0.15, 0.2) is 18.2 Å². The van der Waals surface area contributed by atoms with E-state index in [1.807, 2.05) is 19.9 Å². The first-order valence-electron chi connectivity index (χ1n) is 6.12. The SMILES string of the molecule is CC(C)(C#N)CCCOc1ccc(C#N)cc1[N+](=O)[O-]. The smallest absolute Gasteiger partial charge is 0.312 e. The number of ether oxygens (including phenoxy) is 1. The standard InChI is InChI=1S/C14H15N3O3/c1-14(2,10-16)6-3-7-20-13-5-4-11(9-15)8-12(13)17(18)19/h4-5,8H,3,6-7H2,1-2H3. The summed E-state index contributed by atoms with van der Waals surface area (Å²) in [4.78, 5) is 10.3. The molecular formula is C14H15N3O3. The highest BCUT2D eigenvalue weighted by Crippen LogP contribution is 2.28. The summed E-state index contributed by atoms with van der Waals surface area (Å²) in [6.45, 7) is 3.95. The van der Waals surface area contributed by atoms with Crippen LogP contribution in [-0.2, 0) is 0 Å². The van der Waals surface area contributed by atoms with E-state index in [0.717, 1.165) is 0 Å². The van der Waals surface area contributed by atoms with Gasteiger partial charge in [0.2, 0.25) is 0 Å². The van der Waals surface area contributed by atoms with Crippen LogP contribution in [-0.4, -0.2) is 11.5 Å². The molecule has 0 unspecified atom stereocenters. The predicted molar refractivity (Wildman–Crippen MR) is 71.9 cm³/mol. The highest BCUT2D eigenvalue weighted by Gasteiger charge is 2.18. The summed E-state index contributed by atoms with van der Waals surface area (Å²) in [6, 6.07) is 8.12. The van der Waals surface area contributed by atoms with Crippen molar-refractivity contribution >= 4 is 5.69 Å². The molecule has 0 aliphatic carbocycles. The van der Waals surface area contributed by atoms with Crippen LogP contribution in [0, 0.1) is 38.2 Å². The topological polar surface area (TPSA) is 99.9 Å². The molecular weight excluding hydrogens is 258 g/mol. The van der Waals surface area contributed by atoms with Gasteiger partial charge < -0.3 is 4.74 Å². The summed E-state index contributed by atoms with van der Waals surface area (Å²) in [7, 11) is 0. The number of nitro groups is 1. The molecule has 0 spiro atoms. The maximum absolute atomic E-state index is 10.9. The lowest BCUT2D eigenvalue weighted by Gasteiger charge is -2.14. The van der Waals surface area contributed by atoms with Crippen LogP contribution >= 0.6 is 0 Å². The highest BCUT2D eigenvalue weighted by atomic mass is 16.6. The Kier molecular flexibility index (Phi) is 5.05. The van der Waals surface area contributed by atoms with Crippen LogP contribution in [0.4, 0.5) is 5.69 Å². The van der Waals surface area contributed by atoms with E-state index in [4.69, 9.17) is 15.3 Å². The van der Waals surface area contributed by atoms with Crippen LogP contribution in [0.5, 0.6) is 5.75 Å². The molecule has 104 valence electrons. The first kappa shape index (κ1) is 15.5. The van der Waals surface area contributed by atoms with Crippen molar-refractivity contribution in [2.75, 3.05) is 6.61 Å². The highest BCUT2D eigenvalue weighted by molar-refractivity contribution is 5.51. The van der Waals surface area contributed by atoms with Gasteiger partial charge in [-0.3, -0.25) is 10.1 Å². The van der Waals surface area contributed by atoms with Crippen molar-refractivity contribution in [3.8, 4) is 17.9 Å². The molecule has 1 aromatic rings. The Morgan fingerprint density at radius 3 is 2.65 bits per heavy atom. The van der Waals surface area contributed by atoms with E-state index >= 15 is 0 Å². The van der Waals surface area contributed by atoms with Gasteiger partial charge in [-0.05, 0) is 38.8 Å². The molecule has 1 rings (SSSR count). The van der Waals surface area contributed by atoms with Gasteiger partial charge in [0.05, 0.1) is 34.6 Å². The molecule has 1 aromatic carbocycles. The largest absolute Gasteiger partial charge is 0.487 e. The van der Waals surface area contributed by atoms with E-state index in [-0.39, 0.29) is 23.6 Å². The zero-order valence-electron chi connectivity index (χ0n) is 11.4. The average molecular weight is 273 g/mol. The minimum atomic E-state index is -0.574. The number of benzene rings is 1. The average Bonchev–Trinajstić information content (AvgIpc) is 2.43. The molecule has 0 aliphatic heterocycles. The van der Waals surface area contributed by atoms with Gasteiger partial charge in [0.15, 0.2) is 5.75 Å². The minimum Gasteiger partial charge on any atom is -0.487 e. The van der Waals surface area contributed by atoms with E-state index in [0.29, 0.717) is 12.8 Å². The molecule has 0 bridgehead atoms. The zero-order chi connectivity index (χ0) is 15.2. The number of nitro benzene ring substituents is 1. The Balaban J connectivity index is 2.68. The third-order valence-electron chi connectivity index (χ3n) is 2.79. The second kappa shape index (κ2) is 6.53. The first-order chi connectivity index (χ1) is 9.39. The van der Waals surface area contributed by atoms with Gasteiger partial charge in [0.1, 0.15) is 0 Å². The van der Waals surface area contributed by atoms with Crippen molar-refractivity contribution in [1.82, 2.24) is 0 Å². The fraction of sp³-hybridized carbons (Fsp3) is 0.429. The van der Waals surface area contributed by atoms with Crippen LogP contribution in [0.1, 0.15) is 32.3 Å². The number of rotatable bonds is 6. The molecule has 6 heteroatoms. The van der Waals surface area contributed by atoms with Gasteiger partial charge in [-0.15, -0.1) is 0 Å². The van der Waals surface area contributed by atoms with Crippen LogP contribution < -0.4 is 4.74 Å². The normalized spacial score (nSPS) is 10.4. The summed E-state index contributed by atoms with van der Waals surface area (Å²) in [6.07, 6.45) is 1.27. The van der Waals surface area contributed by atoms with Crippen LogP contribution in [0.2, 0.25) is 0 Å². The van der Waals surface area contributed by atoms with Gasteiger partial charge >= 0.3 is 5.69 Å². The van der Waals surface area contributed by atoms with Crippen molar-refractivity contribution in [1.29, 1.82) is 10.5 Å². The Labute approximate surface area is 117 Å².